The molecule has 1 heterocycles. The third kappa shape index (κ3) is 3.51. The summed E-state index contributed by atoms with van der Waals surface area (Å²) in [7, 11) is 0. The highest BCUT2D eigenvalue weighted by atomic mass is 79.9. The second kappa shape index (κ2) is 6.27. The van der Waals surface area contributed by atoms with E-state index in [-0.39, 0.29) is 11.4 Å². The van der Waals surface area contributed by atoms with Crippen LogP contribution in [-0.4, -0.2) is 27.0 Å². The zero-order valence-electron chi connectivity index (χ0n) is 11.4. The summed E-state index contributed by atoms with van der Waals surface area (Å²) in [5.74, 6) is -0.0753. The number of hydrogen-bond donors (Lipinski definition) is 1. The molecule has 4 nitrogen and oxygen atoms in total. The molecule has 0 radical (unpaired) electrons. The second-order valence-corrected chi connectivity index (χ2v) is 5.26. The molecule has 1 atom stereocenters. The Bertz CT molecular complexity index is 430. The lowest BCUT2D eigenvalue weighted by Crippen LogP contribution is -2.47. The maximum Gasteiger partial charge on any atom is 0.253 e. The van der Waals surface area contributed by atoms with Crippen LogP contribution in [0.1, 0.15) is 48.9 Å². The van der Waals surface area contributed by atoms with Gasteiger partial charge in [0.15, 0.2) is 0 Å². The van der Waals surface area contributed by atoms with Crippen LogP contribution in [0.15, 0.2) is 6.07 Å². The molecule has 0 spiro atoms. The van der Waals surface area contributed by atoms with Crippen LogP contribution in [-0.2, 0) is 6.42 Å². The van der Waals surface area contributed by atoms with Crippen molar-refractivity contribution in [2.75, 3.05) is 5.33 Å². The first-order valence-corrected chi connectivity index (χ1v) is 7.29. The van der Waals surface area contributed by atoms with Gasteiger partial charge in [0.1, 0.15) is 0 Å². The van der Waals surface area contributed by atoms with Gasteiger partial charge >= 0.3 is 0 Å². The molecule has 1 aromatic rings. The quantitative estimate of drug-likeness (QED) is 0.850. The number of amides is 1. The Kier molecular flexibility index (Phi) is 5.26. The van der Waals surface area contributed by atoms with E-state index in [9.17, 15) is 4.79 Å². The van der Waals surface area contributed by atoms with Crippen molar-refractivity contribution in [3.05, 3.63) is 23.0 Å². The minimum atomic E-state index is -0.237. The average molecular weight is 314 g/mol. The zero-order valence-corrected chi connectivity index (χ0v) is 13.0. The minimum Gasteiger partial charge on any atom is -0.346 e. The van der Waals surface area contributed by atoms with Crippen molar-refractivity contribution in [3.63, 3.8) is 0 Å². The summed E-state index contributed by atoms with van der Waals surface area (Å²) in [6, 6.07) is 1.80. The van der Waals surface area contributed by atoms with E-state index >= 15 is 0 Å². The van der Waals surface area contributed by atoms with Gasteiger partial charge in [0.2, 0.25) is 0 Å². The van der Waals surface area contributed by atoms with Gasteiger partial charge in [-0.1, -0.05) is 29.8 Å². The van der Waals surface area contributed by atoms with Crippen molar-refractivity contribution >= 4 is 21.8 Å². The lowest BCUT2D eigenvalue weighted by molar-refractivity contribution is 0.0911. The van der Waals surface area contributed by atoms with Crippen molar-refractivity contribution in [2.24, 2.45) is 0 Å². The Hall–Kier alpha value is -0.970. The summed E-state index contributed by atoms with van der Waals surface area (Å²) < 4.78 is 0. The van der Waals surface area contributed by atoms with Crippen LogP contribution in [0.2, 0.25) is 0 Å². The van der Waals surface area contributed by atoms with Crippen LogP contribution in [0.5, 0.6) is 0 Å². The maximum atomic E-state index is 12.3. The van der Waals surface area contributed by atoms with E-state index < -0.39 is 0 Å². The molecule has 0 aliphatic carbocycles. The van der Waals surface area contributed by atoms with Gasteiger partial charge in [0.25, 0.3) is 5.91 Å². The summed E-state index contributed by atoms with van der Waals surface area (Å²) in [6.07, 6.45) is 1.57. The standard InChI is InChI=1S/C13H20BrN3O/c1-5-11-10(7-9(3)16-17-11)12(18)15-13(4,6-2)8-14/h7H,5-6,8H2,1-4H3,(H,15,18). The third-order valence-electron chi connectivity index (χ3n) is 3.06. The molecular formula is C13H20BrN3O. The molecule has 18 heavy (non-hydrogen) atoms. The van der Waals surface area contributed by atoms with Crippen LogP contribution in [0, 0.1) is 6.92 Å². The van der Waals surface area contributed by atoms with Crippen molar-refractivity contribution in [3.8, 4) is 0 Å². The number of hydrogen-bond acceptors (Lipinski definition) is 3. The van der Waals surface area contributed by atoms with Crippen LogP contribution in [0.25, 0.3) is 0 Å². The van der Waals surface area contributed by atoms with Crippen molar-refractivity contribution in [1.29, 1.82) is 0 Å². The third-order valence-corrected chi connectivity index (χ3v) is 4.30. The second-order valence-electron chi connectivity index (χ2n) is 4.70. The lowest BCUT2D eigenvalue weighted by atomic mass is 10.0. The van der Waals surface area contributed by atoms with Gasteiger partial charge in [-0.25, -0.2) is 0 Å². The van der Waals surface area contributed by atoms with Gasteiger partial charge in [-0.05, 0) is 32.8 Å². The number of nitrogens with zero attached hydrogens (tertiary/aromatic N) is 2. The van der Waals surface area contributed by atoms with Gasteiger partial charge in [0.05, 0.1) is 17.0 Å². The molecule has 5 heteroatoms. The number of alkyl halides is 1. The predicted molar refractivity (Wildman–Crippen MR) is 76.1 cm³/mol. The van der Waals surface area contributed by atoms with Crippen molar-refractivity contribution < 1.29 is 4.79 Å². The highest BCUT2D eigenvalue weighted by Crippen LogP contribution is 2.15. The van der Waals surface area contributed by atoms with Crippen LogP contribution < -0.4 is 5.32 Å². The van der Waals surface area contributed by atoms with Gasteiger partial charge < -0.3 is 5.32 Å². The number of aryl methyl sites for hydroxylation is 2. The summed E-state index contributed by atoms with van der Waals surface area (Å²) in [5.41, 5.74) is 1.89. The van der Waals surface area contributed by atoms with Crippen LogP contribution in [0.3, 0.4) is 0 Å². The Labute approximate surface area is 117 Å². The minimum absolute atomic E-state index is 0.0753. The first kappa shape index (κ1) is 15.1. The molecule has 0 saturated heterocycles. The van der Waals surface area contributed by atoms with E-state index in [1.165, 1.54) is 0 Å². The fourth-order valence-corrected chi connectivity index (χ4v) is 2.07. The highest BCUT2D eigenvalue weighted by molar-refractivity contribution is 9.09. The van der Waals surface area contributed by atoms with Gasteiger partial charge in [-0.3, -0.25) is 4.79 Å². The molecule has 1 N–H and O–H groups in total. The number of nitrogens with one attached hydrogen (secondary N) is 1. The molecule has 0 aromatic carbocycles. The molecular weight excluding hydrogens is 294 g/mol. The SMILES string of the molecule is CCc1nnc(C)cc1C(=O)NC(C)(CC)CBr. The van der Waals surface area contributed by atoms with Gasteiger partial charge in [0, 0.05) is 10.9 Å². The van der Waals surface area contributed by atoms with Crippen molar-refractivity contribution in [1.82, 2.24) is 15.5 Å². The number of aromatic nitrogens is 2. The number of halogens is 1. The van der Waals surface area contributed by atoms with E-state index in [2.05, 4.69) is 38.4 Å². The summed E-state index contributed by atoms with van der Waals surface area (Å²) in [4.78, 5) is 12.3. The van der Waals surface area contributed by atoms with E-state index in [0.29, 0.717) is 12.0 Å². The molecule has 1 rings (SSSR count). The maximum absolute atomic E-state index is 12.3. The molecule has 0 saturated carbocycles. The average Bonchev–Trinajstić information content (AvgIpc) is 2.38. The van der Waals surface area contributed by atoms with E-state index in [1.54, 1.807) is 6.07 Å². The number of carbonyl (C=O) groups excluding carboxylic acids is 1. The van der Waals surface area contributed by atoms with Gasteiger partial charge in [-0.15, -0.1) is 0 Å². The molecule has 1 aromatic heterocycles. The Morgan fingerprint density at radius 2 is 2.11 bits per heavy atom. The number of rotatable bonds is 5. The summed E-state index contributed by atoms with van der Waals surface area (Å²) in [5, 5.41) is 11.8. The van der Waals surface area contributed by atoms with Crippen molar-refractivity contribution in [2.45, 2.75) is 46.1 Å². The summed E-state index contributed by atoms with van der Waals surface area (Å²) in [6.45, 7) is 7.89. The number of carbonyl (C=O) groups is 1. The molecule has 0 aliphatic heterocycles. The Balaban J connectivity index is 3.00. The topological polar surface area (TPSA) is 54.9 Å². The van der Waals surface area contributed by atoms with Gasteiger partial charge in [-0.2, -0.15) is 10.2 Å². The predicted octanol–water partition coefficient (Wildman–Crippen LogP) is 2.64. The molecule has 1 amide bonds. The van der Waals surface area contributed by atoms with E-state index in [0.717, 1.165) is 23.1 Å². The lowest BCUT2D eigenvalue weighted by Gasteiger charge is -2.27. The summed E-state index contributed by atoms with van der Waals surface area (Å²) >= 11 is 3.44. The Morgan fingerprint density at radius 3 is 2.61 bits per heavy atom. The first-order valence-electron chi connectivity index (χ1n) is 6.17. The van der Waals surface area contributed by atoms with Crippen LogP contribution >= 0.6 is 15.9 Å². The van der Waals surface area contributed by atoms with E-state index in [1.807, 2.05) is 20.8 Å². The molecule has 0 bridgehead atoms. The largest absolute Gasteiger partial charge is 0.346 e. The Morgan fingerprint density at radius 1 is 1.44 bits per heavy atom. The highest BCUT2D eigenvalue weighted by Gasteiger charge is 2.24. The fraction of sp³-hybridized carbons (Fsp3) is 0.615. The van der Waals surface area contributed by atoms with Crippen LogP contribution in [0.4, 0.5) is 0 Å². The van der Waals surface area contributed by atoms with E-state index in [4.69, 9.17) is 0 Å². The zero-order chi connectivity index (χ0) is 13.8. The molecule has 100 valence electrons. The smallest absolute Gasteiger partial charge is 0.253 e. The molecule has 1 unspecified atom stereocenters. The molecule has 0 aliphatic rings. The molecule has 0 fully saturated rings. The monoisotopic (exact) mass is 313 g/mol. The fourth-order valence-electron chi connectivity index (χ4n) is 1.53. The normalized spacial score (nSPS) is 14.1. The first-order chi connectivity index (χ1) is 8.45.